The van der Waals surface area contributed by atoms with Gasteiger partial charge in [-0.05, 0) is 49.2 Å². The van der Waals surface area contributed by atoms with E-state index < -0.39 is 12.0 Å². The summed E-state index contributed by atoms with van der Waals surface area (Å²) < 4.78 is 37.1. The highest BCUT2D eigenvalue weighted by Crippen LogP contribution is 2.35. The third kappa shape index (κ3) is 5.06. The number of rotatable bonds is 4. The Labute approximate surface area is 149 Å². The summed E-state index contributed by atoms with van der Waals surface area (Å²) in [5, 5.41) is 0. The van der Waals surface area contributed by atoms with Gasteiger partial charge in [-0.2, -0.15) is 0 Å². The van der Waals surface area contributed by atoms with Gasteiger partial charge in [-0.3, -0.25) is 0 Å². The zero-order valence-corrected chi connectivity index (χ0v) is 15.6. The molecule has 1 unspecified atom stereocenters. The van der Waals surface area contributed by atoms with E-state index in [1.807, 2.05) is 20.8 Å². The predicted molar refractivity (Wildman–Crippen MR) is 90.5 cm³/mol. The first-order valence-electron chi connectivity index (χ1n) is 7.84. The third-order valence-electron chi connectivity index (χ3n) is 3.64. The van der Waals surface area contributed by atoms with Gasteiger partial charge >= 0.3 is 6.09 Å². The van der Waals surface area contributed by atoms with Crippen molar-refractivity contribution in [1.29, 1.82) is 0 Å². The first-order chi connectivity index (χ1) is 11.2. The second-order valence-corrected chi connectivity index (χ2v) is 7.65. The van der Waals surface area contributed by atoms with Crippen LogP contribution in [0, 0.1) is 5.92 Å². The second-order valence-electron chi connectivity index (χ2n) is 6.85. The van der Waals surface area contributed by atoms with Gasteiger partial charge in [0.1, 0.15) is 11.4 Å². The van der Waals surface area contributed by atoms with Crippen LogP contribution in [0.1, 0.15) is 39.2 Å². The summed E-state index contributed by atoms with van der Waals surface area (Å²) in [5.74, 6) is 0.545. The quantitative estimate of drug-likeness (QED) is 0.705. The summed E-state index contributed by atoms with van der Waals surface area (Å²) in [6, 6.07) is 4.56. The minimum absolute atomic E-state index is 0.0886. The highest BCUT2D eigenvalue weighted by atomic mass is 79.9. The van der Waals surface area contributed by atoms with Crippen LogP contribution in [0.3, 0.4) is 0 Å². The summed E-state index contributed by atoms with van der Waals surface area (Å²) in [5.41, 5.74) is -0.610. The molecule has 24 heavy (non-hydrogen) atoms. The summed E-state index contributed by atoms with van der Waals surface area (Å²) in [6.07, 6.45) is -2.09. The maximum absolute atomic E-state index is 12.9. The highest BCUT2D eigenvalue weighted by molar-refractivity contribution is 9.10. The van der Waals surface area contributed by atoms with Crippen molar-refractivity contribution in [3.8, 4) is 5.75 Å². The van der Waals surface area contributed by atoms with E-state index in [0.29, 0.717) is 25.4 Å². The molecule has 1 fully saturated rings. The number of nitrogens with zero attached hydrogens (tertiary/aromatic N) is 1. The molecule has 1 aromatic rings. The van der Waals surface area contributed by atoms with Crippen molar-refractivity contribution in [1.82, 2.24) is 4.90 Å². The van der Waals surface area contributed by atoms with Gasteiger partial charge in [0, 0.05) is 24.6 Å². The molecule has 0 aliphatic carbocycles. The summed E-state index contributed by atoms with van der Waals surface area (Å²) in [4.78, 5) is 13.7. The maximum atomic E-state index is 12.9. The molecule has 0 spiro atoms. The normalized spacial score (nSPS) is 18.1. The van der Waals surface area contributed by atoms with Gasteiger partial charge in [0.2, 0.25) is 0 Å². The largest absolute Gasteiger partial charge is 0.492 e. The molecule has 0 radical (unpaired) electrons. The number of ether oxygens (including phenoxy) is 2. The van der Waals surface area contributed by atoms with Crippen molar-refractivity contribution in [2.75, 3.05) is 19.7 Å². The molecule has 1 amide bonds. The number of carbonyl (C=O) groups excluding carboxylic acids is 1. The Balaban J connectivity index is 1.89. The average Bonchev–Trinajstić information content (AvgIpc) is 2.93. The van der Waals surface area contributed by atoms with E-state index in [9.17, 15) is 13.6 Å². The molecule has 1 heterocycles. The standard InChI is InChI=1S/C17H22BrF2NO3/c1-17(2,3)24-16(22)21-8-7-11(9-21)10-23-13-6-4-5-12(14(13)18)15(19)20/h4-6,11,15H,7-10H2,1-3H3. The predicted octanol–water partition coefficient (Wildman–Crippen LogP) is 5.02. The van der Waals surface area contributed by atoms with E-state index in [4.69, 9.17) is 9.47 Å². The molecule has 134 valence electrons. The van der Waals surface area contributed by atoms with E-state index in [0.717, 1.165) is 6.42 Å². The molecule has 0 saturated carbocycles. The van der Waals surface area contributed by atoms with Crippen LogP contribution in [-0.4, -0.2) is 36.3 Å². The van der Waals surface area contributed by atoms with E-state index in [-0.39, 0.29) is 22.0 Å². The molecule has 1 aromatic carbocycles. The number of alkyl halides is 2. The Hall–Kier alpha value is -1.37. The molecule has 1 saturated heterocycles. The van der Waals surface area contributed by atoms with Crippen molar-refractivity contribution in [3.05, 3.63) is 28.2 Å². The van der Waals surface area contributed by atoms with E-state index >= 15 is 0 Å². The van der Waals surface area contributed by atoms with Gasteiger partial charge < -0.3 is 14.4 Å². The zero-order chi connectivity index (χ0) is 17.9. The first kappa shape index (κ1) is 19.0. The fraction of sp³-hybridized carbons (Fsp3) is 0.588. The maximum Gasteiger partial charge on any atom is 0.410 e. The highest BCUT2D eigenvalue weighted by Gasteiger charge is 2.30. The molecular formula is C17H22BrF2NO3. The molecule has 7 heteroatoms. The Morgan fingerprint density at radius 3 is 2.75 bits per heavy atom. The van der Waals surface area contributed by atoms with E-state index in [1.165, 1.54) is 6.07 Å². The lowest BCUT2D eigenvalue weighted by molar-refractivity contribution is 0.0284. The molecule has 0 bridgehead atoms. The van der Waals surface area contributed by atoms with Crippen LogP contribution in [0.5, 0.6) is 5.75 Å². The number of hydrogen-bond donors (Lipinski definition) is 0. The molecule has 0 N–H and O–H groups in total. The number of halogens is 3. The van der Waals surface area contributed by atoms with Crippen molar-refractivity contribution in [2.45, 2.75) is 39.2 Å². The zero-order valence-electron chi connectivity index (χ0n) is 14.0. The van der Waals surface area contributed by atoms with E-state index in [1.54, 1.807) is 17.0 Å². The van der Waals surface area contributed by atoms with Crippen LogP contribution in [-0.2, 0) is 4.74 Å². The minimum atomic E-state index is -2.56. The summed E-state index contributed by atoms with van der Waals surface area (Å²) >= 11 is 3.17. The molecule has 4 nitrogen and oxygen atoms in total. The van der Waals surface area contributed by atoms with Gasteiger partial charge in [-0.15, -0.1) is 0 Å². The average molecular weight is 406 g/mol. The van der Waals surface area contributed by atoms with Crippen LogP contribution < -0.4 is 4.74 Å². The number of carbonyl (C=O) groups is 1. The number of amides is 1. The number of benzene rings is 1. The van der Waals surface area contributed by atoms with Gasteiger partial charge in [-0.25, -0.2) is 13.6 Å². The Morgan fingerprint density at radius 2 is 2.12 bits per heavy atom. The van der Waals surface area contributed by atoms with Crippen LogP contribution in [0.4, 0.5) is 13.6 Å². The first-order valence-corrected chi connectivity index (χ1v) is 8.64. The molecule has 2 rings (SSSR count). The van der Waals surface area contributed by atoms with Crippen LogP contribution in [0.25, 0.3) is 0 Å². The van der Waals surface area contributed by atoms with Crippen molar-refractivity contribution in [3.63, 3.8) is 0 Å². The number of likely N-dealkylation sites (tertiary alicyclic amines) is 1. The second kappa shape index (κ2) is 7.68. The Morgan fingerprint density at radius 1 is 1.42 bits per heavy atom. The SMILES string of the molecule is CC(C)(C)OC(=O)N1CCC(COc2cccc(C(F)F)c2Br)C1. The lowest BCUT2D eigenvalue weighted by Gasteiger charge is -2.24. The van der Waals surface area contributed by atoms with E-state index in [2.05, 4.69) is 15.9 Å². The van der Waals surface area contributed by atoms with Gasteiger partial charge in [0.15, 0.2) is 0 Å². The van der Waals surface area contributed by atoms with Gasteiger partial charge in [0.25, 0.3) is 6.43 Å². The molecule has 1 aliphatic heterocycles. The van der Waals surface area contributed by atoms with Crippen LogP contribution >= 0.6 is 15.9 Å². The number of hydrogen-bond acceptors (Lipinski definition) is 3. The molecule has 0 aromatic heterocycles. The molecule has 1 atom stereocenters. The van der Waals surface area contributed by atoms with Gasteiger partial charge in [-0.1, -0.05) is 12.1 Å². The van der Waals surface area contributed by atoms with Crippen molar-refractivity contribution in [2.24, 2.45) is 5.92 Å². The molecule has 1 aliphatic rings. The Bertz CT molecular complexity index is 590. The third-order valence-corrected chi connectivity index (χ3v) is 4.49. The molecular weight excluding hydrogens is 384 g/mol. The summed E-state index contributed by atoms with van der Waals surface area (Å²) in [6.45, 7) is 7.01. The van der Waals surface area contributed by atoms with Crippen LogP contribution in [0.2, 0.25) is 0 Å². The Kier molecular flexibility index (Phi) is 6.06. The lowest BCUT2D eigenvalue weighted by Crippen LogP contribution is -2.35. The fourth-order valence-corrected chi connectivity index (χ4v) is 3.03. The summed E-state index contributed by atoms with van der Waals surface area (Å²) in [7, 11) is 0. The fourth-order valence-electron chi connectivity index (χ4n) is 2.48. The van der Waals surface area contributed by atoms with Crippen molar-refractivity contribution < 1.29 is 23.0 Å². The lowest BCUT2D eigenvalue weighted by atomic mass is 10.1. The minimum Gasteiger partial charge on any atom is -0.492 e. The van der Waals surface area contributed by atoms with Crippen LogP contribution in [0.15, 0.2) is 22.7 Å². The monoisotopic (exact) mass is 405 g/mol. The van der Waals surface area contributed by atoms with Gasteiger partial charge in [0.05, 0.1) is 11.1 Å². The topological polar surface area (TPSA) is 38.8 Å². The van der Waals surface area contributed by atoms with Crippen molar-refractivity contribution >= 4 is 22.0 Å². The smallest absolute Gasteiger partial charge is 0.410 e.